The summed E-state index contributed by atoms with van der Waals surface area (Å²) >= 11 is 1.76. The van der Waals surface area contributed by atoms with Crippen molar-refractivity contribution in [1.29, 1.82) is 0 Å². The van der Waals surface area contributed by atoms with Crippen molar-refractivity contribution in [3.05, 3.63) is 23.9 Å². The fraction of sp³-hybridized carbons (Fsp3) is 0.583. The van der Waals surface area contributed by atoms with Crippen LogP contribution in [-0.2, 0) is 4.74 Å². The van der Waals surface area contributed by atoms with Crippen molar-refractivity contribution in [2.24, 2.45) is 5.73 Å². The number of hydrogen-bond acceptors (Lipinski definition) is 4. The smallest absolute Gasteiger partial charge is 0.0964 e. The molecule has 1 saturated heterocycles. The highest BCUT2D eigenvalue weighted by molar-refractivity contribution is 7.99. The molecule has 0 amide bonds. The predicted octanol–water partition coefficient (Wildman–Crippen LogP) is 2.37. The van der Waals surface area contributed by atoms with E-state index in [1.165, 1.54) is 12.8 Å². The molecule has 1 fully saturated rings. The van der Waals surface area contributed by atoms with Crippen LogP contribution < -0.4 is 5.73 Å². The quantitative estimate of drug-likeness (QED) is 0.818. The molecule has 0 bridgehead atoms. The van der Waals surface area contributed by atoms with Crippen molar-refractivity contribution in [3.8, 4) is 0 Å². The fourth-order valence-corrected chi connectivity index (χ4v) is 2.72. The predicted molar refractivity (Wildman–Crippen MR) is 66.5 cm³/mol. The first-order valence-electron chi connectivity index (χ1n) is 5.71. The molecule has 1 aliphatic heterocycles. The number of pyridine rings is 1. The topological polar surface area (TPSA) is 48.1 Å². The molecule has 2 rings (SSSR count). The molecule has 4 heteroatoms. The van der Waals surface area contributed by atoms with Gasteiger partial charge in [-0.1, -0.05) is 0 Å². The molecule has 1 aromatic rings. The molecular formula is C12H18N2OS. The van der Waals surface area contributed by atoms with E-state index in [-0.39, 0.29) is 6.04 Å². The maximum absolute atomic E-state index is 5.84. The monoisotopic (exact) mass is 238 g/mol. The molecule has 0 radical (unpaired) electrons. The highest BCUT2D eigenvalue weighted by Gasteiger charge is 2.15. The fourth-order valence-electron chi connectivity index (χ4n) is 1.74. The summed E-state index contributed by atoms with van der Waals surface area (Å²) in [6.07, 6.45) is 4.61. The van der Waals surface area contributed by atoms with Crippen molar-refractivity contribution in [3.63, 3.8) is 0 Å². The van der Waals surface area contributed by atoms with Crippen LogP contribution >= 0.6 is 11.8 Å². The molecule has 1 aliphatic rings. The van der Waals surface area contributed by atoms with Crippen LogP contribution in [0.2, 0.25) is 0 Å². The highest BCUT2D eigenvalue weighted by Crippen LogP contribution is 2.23. The van der Waals surface area contributed by atoms with Gasteiger partial charge in [-0.05, 0) is 37.5 Å². The third kappa shape index (κ3) is 3.20. The van der Waals surface area contributed by atoms with Gasteiger partial charge in [0.2, 0.25) is 0 Å². The highest BCUT2D eigenvalue weighted by atomic mass is 32.2. The Labute approximate surface area is 101 Å². The molecule has 1 aromatic heterocycles. The second kappa shape index (κ2) is 5.66. The van der Waals surface area contributed by atoms with Crippen LogP contribution in [0.15, 0.2) is 23.4 Å². The third-order valence-corrected chi connectivity index (χ3v) is 3.78. The van der Waals surface area contributed by atoms with Crippen LogP contribution in [0, 0.1) is 0 Å². The Morgan fingerprint density at radius 3 is 3.25 bits per heavy atom. The van der Waals surface area contributed by atoms with Crippen LogP contribution in [0.5, 0.6) is 0 Å². The molecule has 0 spiro atoms. The van der Waals surface area contributed by atoms with Crippen LogP contribution in [0.1, 0.15) is 31.4 Å². The normalized spacial score (nSPS) is 22.2. The first-order chi connectivity index (χ1) is 7.75. The first-order valence-corrected chi connectivity index (χ1v) is 6.70. The standard InChI is InChI=1S/C12H18N2OS/c1-9(13)10-4-5-14-12(7-10)16-8-11-3-2-6-15-11/h4-5,7,9,11H,2-3,6,8,13H2,1H3. The minimum absolute atomic E-state index is 0.0741. The maximum atomic E-state index is 5.84. The lowest BCUT2D eigenvalue weighted by Gasteiger charge is -2.10. The van der Waals surface area contributed by atoms with Gasteiger partial charge in [-0.15, -0.1) is 11.8 Å². The zero-order valence-electron chi connectivity index (χ0n) is 9.56. The van der Waals surface area contributed by atoms with Gasteiger partial charge in [-0.3, -0.25) is 0 Å². The van der Waals surface area contributed by atoms with Crippen LogP contribution in [-0.4, -0.2) is 23.4 Å². The van der Waals surface area contributed by atoms with Crippen molar-refractivity contribution >= 4 is 11.8 Å². The Bertz CT molecular complexity index is 338. The number of hydrogen-bond donors (Lipinski definition) is 1. The van der Waals surface area contributed by atoms with E-state index in [0.29, 0.717) is 6.10 Å². The Kier molecular flexibility index (Phi) is 4.21. The van der Waals surface area contributed by atoms with E-state index in [1.807, 2.05) is 19.2 Å². The molecule has 16 heavy (non-hydrogen) atoms. The average Bonchev–Trinajstić information content (AvgIpc) is 2.79. The minimum atomic E-state index is 0.0741. The van der Waals surface area contributed by atoms with Gasteiger partial charge >= 0.3 is 0 Å². The zero-order chi connectivity index (χ0) is 11.4. The molecule has 2 unspecified atom stereocenters. The van der Waals surface area contributed by atoms with Crippen molar-refractivity contribution in [1.82, 2.24) is 4.98 Å². The van der Waals surface area contributed by atoms with Crippen molar-refractivity contribution < 1.29 is 4.74 Å². The van der Waals surface area contributed by atoms with Gasteiger partial charge in [0.15, 0.2) is 0 Å². The van der Waals surface area contributed by atoms with E-state index in [4.69, 9.17) is 10.5 Å². The van der Waals surface area contributed by atoms with E-state index < -0.39 is 0 Å². The van der Waals surface area contributed by atoms with E-state index in [0.717, 1.165) is 22.9 Å². The number of thioether (sulfide) groups is 1. The Hall–Kier alpha value is -0.580. The molecule has 2 N–H and O–H groups in total. The summed E-state index contributed by atoms with van der Waals surface area (Å²) in [5, 5.41) is 1.05. The second-order valence-electron chi connectivity index (χ2n) is 4.16. The van der Waals surface area contributed by atoms with Gasteiger partial charge in [0.1, 0.15) is 0 Å². The number of nitrogens with zero attached hydrogens (tertiary/aromatic N) is 1. The Morgan fingerprint density at radius 1 is 1.69 bits per heavy atom. The summed E-state index contributed by atoms with van der Waals surface area (Å²) in [6, 6.07) is 4.12. The first kappa shape index (κ1) is 11.9. The number of aromatic nitrogens is 1. The summed E-state index contributed by atoms with van der Waals surface area (Å²) < 4.78 is 5.58. The van der Waals surface area contributed by atoms with Crippen molar-refractivity contribution in [2.45, 2.75) is 36.9 Å². The lowest BCUT2D eigenvalue weighted by molar-refractivity contribution is 0.129. The van der Waals surface area contributed by atoms with Gasteiger partial charge in [-0.25, -0.2) is 4.98 Å². The molecule has 88 valence electrons. The van der Waals surface area contributed by atoms with Gasteiger partial charge < -0.3 is 10.5 Å². The average molecular weight is 238 g/mol. The Morgan fingerprint density at radius 2 is 2.56 bits per heavy atom. The van der Waals surface area contributed by atoms with Gasteiger partial charge in [0, 0.05) is 24.6 Å². The van der Waals surface area contributed by atoms with E-state index in [9.17, 15) is 0 Å². The number of nitrogens with two attached hydrogens (primary N) is 1. The van der Waals surface area contributed by atoms with Crippen molar-refractivity contribution in [2.75, 3.05) is 12.4 Å². The molecule has 0 aliphatic carbocycles. The van der Waals surface area contributed by atoms with Crippen LogP contribution in [0.3, 0.4) is 0 Å². The number of rotatable bonds is 4. The largest absolute Gasteiger partial charge is 0.377 e. The maximum Gasteiger partial charge on any atom is 0.0964 e. The van der Waals surface area contributed by atoms with Crippen LogP contribution in [0.4, 0.5) is 0 Å². The molecule has 0 aromatic carbocycles. The SMILES string of the molecule is CC(N)c1ccnc(SCC2CCCO2)c1. The molecular weight excluding hydrogens is 220 g/mol. The van der Waals surface area contributed by atoms with Gasteiger partial charge in [0.05, 0.1) is 11.1 Å². The summed E-state index contributed by atoms with van der Waals surface area (Å²) in [5.41, 5.74) is 6.98. The van der Waals surface area contributed by atoms with Gasteiger partial charge in [-0.2, -0.15) is 0 Å². The molecule has 2 heterocycles. The lowest BCUT2D eigenvalue weighted by atomic mass is 10.1. The van der Waals surface area contributed by atoms with E-state index >= 15 is 0 Å². The van der Waals surface area contributed by atoms with Crippen LogP contribution in [0.25, 0.3) is 0 Å². The molecule has 2 atom stereocenters. The van der Waals surface area contributed by atoms with E-state index in [1.54, 1.807) is 11.8 Å². The summed E-state index contributed by atoms with van der Waals surface area (Å²) in [7, 11) is 0. The summed E-state index contributed by atoms with van der Waals surface area (Å²) in [6.45, 7) is 2.91. The molecule has 0 saturated carbocycles. The number of ether oxygens (including phenoxy) is 1. The summed E-state index contributed by atoms with van der Waals surface area (Å²) in [5.74, 6) is 0.995. The lowest BCUT2D eigenvalue weighted by Crippen LogP contribution is -2.08. The molecule has 3 nitrogen and oxygen atoms in total. The van der Waals surface area contributed by atoms with Gasteiger partial charge in [0.25, 0.3) is 0 Å². The minimum Gasteiger partial charge on any atom is -0.377 e. The Balaban J connectivity index is 1.90. The summed E-state index contributed by atoms with van der Waals surface area (Å²) in [4.78, 5) is 4.33. The zero-order valence-corrected chi connectivity index (χ0v) is 10.4. The third-order valence-electron chi connectivity index (χ3n) is 2.73. The van der Waals surface area contributed by atoms with E-state index in [2.05, 4.69) is 11.1 Å². The second-order valence-corrected chi connectivity index (χ2v) is 5.20.